The molecular weight excluding hydrogens is 293 g/mol. The quantitative estimate of drug-likeness (QED) is 0.923. The molecule has 6 heteroatoms. The van der Waals surface area contributed by atoms with Crippen molar-refractivity contribution in [3.05, 3.63) is 59.4 Å². The molecule has 21 heavy (non-hydrogen) atoms. The first-order valence-corrected chi connectivity index (χ1v) is 7.94. The average Bonchev–Trinajstić information content (AvgIpc) is 2.41. The molecule has 0 aromatic heterocycles. The number of sulfonamides is 1. The fourth-order valence-corrected chi connectivity index (χ4v) is 3.04. The SMILES string of the molecule is COc1ccc(NS(=O)(=O)Cc2ccc(C)cc2)cc1F. The van der Waals surface area contributed by atoms with Crippen molar-refractivity contribution < 1.29 is 17.5 Å². The molecule has 2 aromatic rings. The van der Waals surface area contributed by atoms with Crippen LogP contribution >= 0.6 is 0 Å². The molecule has 0 amide bonds. The Morgan fingerprint density at radius 1 is 1.14 bits per heavy atom. The molecule has 4 nitrogen and oxygen atoms in total. The molecule has 0 aliphatic carbocycles. The van der Waals surface area contributed by atoms with Gasteiger partial charge in [-0.05, 0) is 24.6 Å². The van der Waals surface area contributed by atoms with Crippen LogP contribution in [0.4, 0.5) is 10.1 Å². The largest absolute Gasteiger partial charge is 0.494 e. The Morgan fingerprint density at radius 2 is 1.81 bits per heavy atom. The number of methoxy groups -OCH3 is 1. The van der Waals surface area contributed by atoms with Gasteiger partial charge in [0.2, 0.25) is 10.0 Å². The van der Waals surface area contributed by atoms with Crippen molar-refractivity contribution in [3.63, 3.8) is 0 Å². The van der Waals surface area contributed by atoms with E-state index in [0.29, 0.717) is 5.56 Å². The molecule has 1 N–H and O–H groups in total. The molecule has 0 fully saturated rings. The number of rotatable bonds is 5. The van der Waals surface area contributed by atoms with E-state index >= 15 is 0 Å². The maximum Gasteiger partial charge on any atom is 0.236 e. The van der Waals surface area contributed by atoms with Crippen LogP contribution in [0.15, 0.2) is 42.5 Å². The number of halogens is 1. The minimum Gasteiger partial charge on any atom is -0.494 e. The molecule has 2 aromatic carbocycles. The molecule has 0 saturated heterocycles. The van der Waals surface area contributed by atoms with Crippen LogP contribution in [-0.4, -0.2) is 15.5 Å². The summed E-state index contributed by atoms with van der Waals surface area (Å²) < 4.78 is 44.8. The van der Waals surface area contributed by atoms with E-state index < -0.39 is 15.8 Å². The molecule has 2 rings (SSSR count). The van der Waals surface area contributed by atoms with Crippen LogP contribution < -0.4 is 9.46 Å². The van der Waals surface area contributed by atoms with E-state index in [4.69, 9.17) is 4.74 Å². The van der Waals surface area contributed by atoms with Crippen molar-refractivity contribution in [3.8, 4) is 5.75 Å². The van der Waals surface area contributed by atoms with E-state index in [1.807, 2.05) is 19.1 Å². The fraction of sp³-hybridized carbons (Fsp3) is 0.200. The monoisotopic (exact) mass is 309 g/mol. The Morgan fingerprint density at radius 3 is 2.38 bits per heavy atom. The van der Waals surface area contributed by atoms with E-state index in [1.165, 1.54) is 19.2 Å². The van der Waals surface area contributed by atoms with Gasteiger partial charge >= 0.3 is 0 Å². The molecule has 0 heterocycles. The summed E-state index contributed by atoms with van der Waals surface area (Å²) in [5.41, 5.74) is 1.89. The van der Waals surface area contributed by atoms with Crippen LogP contribution in [-0.2, 0) is 15.8 Å². The summed E-state index contributed by atoms with van der Waals surface area (Å²) >= 11 is 0. The second-order valence-corrected chi connectivity index (χ2v) is 6.42. The minimum atomic E-state index is -3.59. The van der Waals surface area contributed by atoms with E-state index in [1.54, 1.807) is 12.1 Å². The van der Waals surface area contributed by atoms with Crippen LogP contribution in [0.3, 0.4) is 0 Å². The topological polar surface area (TPSA) is 55.4 Å². The zero-order valence-corrected chi connectivity index (χ0v) is 12.6. The molecule has 0 unspecified atom stereocenters. The first-order valence-electron chi connectivity index (χ1n) is 6.29. The predicted molar refractivity (Wildman–Crippen MR) is 80.4 cm³/mol. The number of anilines is 1. The molecule has 0 radical (unpaired) electrons. The van der Waals surface area contributed by atoms with Gasteiger partial charge in [-0.1, -0.05) is 29.8 Å². The van der Waals surface area contributed by atoms with E-state index in [9.17, 15) is 12.8 Å². The Kier molecular flexibility index (Phi) is 4.47. The van der Waals surface area contributed by atoms with Crippen molar-refractivity contribution >= 4 is 15.7 Å². The lowest BCUT2D eigenvalue weighted by Crippen LogP contribution is -2.15. The van der Waals surface area contributed by atoms with Gasteiger partial charge in [-0.15, -0.1) is 0 Å². The van der Waals surface area contributed by atoms with Crippen LogP contribution in [0.1, 0.15) is 11.1 Å². The van der Waals surface area contributed by atoms with Gasteiger partial charge in [-0.2, -0.15) is 0 Å². The van der Waals surface area contributed by atoms with Gasteiger partial charge < -0.3 is 4.74 Å². The summed E-state index contributed by atoms with van der Waals surface area (Å²) in [6, 6.07) is 11.1. The van der Waals surface area contributed by atoms with Crippen molar-refractivity contribution in [1.29, 1.82) is 0 Å². The standard InChI is InChI=1S/C15H16FNO3S/c1-11-3-5-12(6-4-11)10-21(18,19)17-13-7-8-15(20-2)14(16)9-13/h3-9,17H,10H2,1-2H3. The first kappa shape index (κ1) is 15.3. The molecule has 0 saturated carbocycles. The summed E-state index contributed by atoms with van der Waals surface area (Å²) in [5, 5.41) is 0. The van der Waals surface area contributed by atoms with Crippen LogP contribution in [0.2, 0.25) is 0 Å². The molecule has 0 aliphatic rings. The van der Waals surface area contributed by atoms with E-state index in [-0.39, 0.29) is 17.2 Å². The normalized spacial score (nSPS) is 11.2. The first-order chi connectivity index (χ1) is 9.89. The predicted octanol–water partition coefficient (Wildman–Crippen LogP) is 3.08. The maximum absolute atomic E-state index is 13.5. The van der Waals surface area contributed by atoms with Crippen LogP contribution in [0.25, 0.3) is 0 Å². The van der Waals surface area contributed by atoms with Gasteiger partial charge in [0, 0.05) is 6.07 Å². The van der Waals surface area contributed by atoms with Gasteiger partial charge in [-0.3, -0.25) is 4.72 Å². The molecule has 0 bridgehead atoms. The average molecular weight is 309 g/mol. The van der Waals surface area contributed by atoms with Gasteiger partial charge in [-0.25, -0.2) is 12.8 Å². The summed E-state index contributed by atoms with van der Waals surface area (Å²) in [6.45, 7) is 1.93. The number of aryl methyl sites for hydroxylation is 1. The third kappa shape index (κ3) is 4.19. The number of benzene rings is 2. The minimum absolute atomic E-state index is 0.0662. The van der Waals surface area contributed by atoms with Crippen molar-refractivity contribution in [2.45, 2.75) is 12.7 Å². The molecular formula is C15H16FNO3S. The highest BCUT2D eigenvalue weighted by Gasteiger charge is 2.13. The highest BCUT2D eigenvalue weighted by atomic mass is 32.2. The molecule has 0 aliphatic heterocycles. The zero-order chi connectivity index (χ0) is 15.5. The lowest BCUT2D eigenvalue weighted by atomic mass is 10.2. The van der Waals surface area contributed by atoms with Gasteiger partial charge in [0.15, 0.2) is 11.6 Å². The van der Waals surface area contributed by atoms with E-state index in [0.717, 1.165) is 11.6 Å². The molecule has 0 spiro atoms. The highest BCUT2D eigenvalue weighted by Crippen LogP contribution is 2.22. The van der Waals surface area contributed by atoms with Gasteiger partial charge in [0.1, 0.15) is 0 Å². The number of nitrogens with one attached hydrogen (secondary N) is 1. The second kappa shape index (κ2) is 6.13. The third-order valence-electron chi connectivity index (χ3n) is 2.90. The lowest BCUT2D eigenvalue weighted by molar-refractivity contribution is 0.386. The fourth-order valence-electron chi connectivity index (χ4n) is 1.85. The smallest absolute Gasteiger partial charge is 0.236 e. The molecule has 0 atom stereocenters. The van der Waals surface area contributed by atoms with E-state index in [2.05, 4.69) is 4.72 Å². The van der Waals surface area contributed by atoms with Gasteiger partial charge in [0.25, 0.3) is 0 Å². The van der Waals surface area contributed by atoms with Gasteiger partial charge in [0.05, 0.1) is 18.6 Å². The van der Waals surface area contributed by atoms with Crippen molar-refractivity contribution in [1.82, 2.24) is 0 Å². The number of hydrogen-bond acceptors (Lipinski definition) is 3. The summed E-state index contributed by atoms with van der Waals surface area (Å²) in [6.07, 6.45) is 0. The Labute approximate surface area is 123 Å². The molecule has 112 valence electrons. The van der Waals surface area contributed by atoms with Crippen molar-refractivity contribution in [2.24, 2.45) is 0 Å². The Bertz CT molecular complexity index is 727. The second-order valence-electron chi connectivity index (χ2n) is 4.70. The summed E-state index contributed by atoms with van der Waals surface area (Å²) in [7, 11) is -2.25. The Hall–Kier alpha value is -2.08. The zero-order valence-electron chi connectivity index (χ0n) is 11.8. The summed E-state index contributed by atoms with van der Waals surface area (Å²) in [4.78, 5) is 0. The van der Waals surface area contributed by atoms with Crippen molar-refractivity contribution in [2.75, 3.05) is 11.8 Å². The maximum atomic E-state index is 13.5. The number of hydrogen-bond donors (Lipinski definition) is 1. The van der Waals surface area contributed by atoms with Crippen LogP contribution in [0, 0.1) is 12.7 Å². The van der Waals surface area contributed by atoms with Crippen LogP contribution in [0.5, 0.6) is 5.75 Å². The summed E-state index contributed by atoms with van der Waals surface area (Å²) in [5.74, 6) is -0.717. The lowest BCUT2D eigenvalue weighted by Gasteiger charge is -2.09. The Balaban J connectivity index is 2.13. The highest BCUT2D eigenvalue weighted by molar-refractivity contribution is 7.91. The third-order valence-corrected chi connectivity index (χ3v) is 4.16. The number of ether oxygens (including phenoxy) is 1.